The Kier molecular flexibility index (Phi) is 5.08. The van der Waals surface area contributed by atoms with Crippen molar-refractivity contribution in [1.82, 2.24) is 5.32 Å². The van der Waals surface area contributed by atoms with Gasteiger partial charge in [-0.1, -0.05) is 32.0 Å². The molecule has 2 amide bonds. The Balaban J connectivity index is 1.69. The highest BCUT2D eigenvalue weighted by molar-refractivity contribution is 6.01. The average Bonchev–Trinajstić information content (AvgIpc) is 2.63. The van der Waals surface area contributed by atoms with Crippen LogP contribution in [0.4, 0.5) is 5.69 Å². The van der Waals surface area contributed by atoms with Gasteiger partial charge in [-0.15, -0.1) is 0 Å². The van der Waals surface area contributed by atoms with Crippen molar-refractivity contribution >= 4 is 17.5 Å². The van der Waals surface area contributed by atoms with Crippen molar-refractivity contribution in [2.75, 3.05) is 18.1 Å². The highest BCUT2D eigenvalue weighted by atomic mass is 16.5. The van der Waals surface area contributed by atoms with Crippen LogP contribution < -0.4 is 16.0 Å². The molecule has 1 saturated carbocycles. The van der Waals surface area contributed by atoms with Crippen molar-refractivity contribution in [2.45, 2.75) is 57.7 Å². The number of amides is 2. The molecule has 26 heavy (non-hydrogen) atoms. The second-order valence-electron chi connectivity index (χ2n) is 7.83. The fourth-order valence-electron chi connectivity index (χ4n) is 3.98. The molecule has 2 fully saturated rings. The van der Waals surface area contributed by atoms with Gasteiger partial charge in [0.25, 0.3) is 0 Å². The zero-order chi connectivity index (χ0) is 18.9. The summed E-state index contributed by atoms with van der Waals surface area (Å²) < 4.78 is 5.69. The smallest absolute Gasteiger partial charge is 0.249 e. The quantitative estimate of drug-likeness (QED) is 0.840. The SMILES string of the molecule is CCOC1CC(N)(C(=O)NC2CCCN(c3ccccc3)C2=O)C1(C)C. The largest absolute Gasteiger partial charge is 0.378 e. The van der Waals surface area contributed by atoms with E-state index in [9.17, 15) is 9.59 Å². The normalized spacial score (nSPS) is 30.6. The van der Waals surface area contributed by atoms with E-state index in [4.69, 9.17) is 10.5 Å². The summed E-state index contributed by atoms with van der Waals surface area (Å²) in [6.45, 7) is 7.11. The van der Waals surface area contributed by atoms with E-state index >= 15 is 0 Å². The Morgan fingerprint density at radius 1 is 1.35 bits per heavy atom. The number of para-hydroxylation sites is 1. The van der Waals surface area contributed by atoms with Crippen molar-refractivity contribution in [1.29, 1.82) is 0 Å². The Hall–Kier alpha value is -1.92. The maximum absolute atomic E-state index is 12.9. The predicted molar refractivity (Wildman–Crippen MR) is 101 cm³/mol. The molecule has 2 aliphatic rings. The van der Waals surface area contributed by atoms with Crippen LogP contribution in [0, 0.1) is 5.41 Å². The second kappa shape index (κ2) is 7.00. The minimum atomic E-state index is -1.01. The Morgan fingerprint density at radius 2 is 2.04 bits per heavy atom. The van der Waals surface area contributed by atoms with Crippen LogP contribution in [0.2, 0.25) is 0 Å². The Bertz CT molecular complexity index is 676. The summed E-state index contributed by atoms with van der Waals surface area (Å²) in [5.41, 5.74) is 5.82. The van der Waals surface area contributed by atoms with Gasteiger partial charge in [0, 0.05) is 30.7 Å². The van der Waals surface area contributed by atoms with Gasteiger partial charge in [0.05, 0.1) is 6.10 Å². The number of carbonyl (C=O) groups is 2. The van der Waals surface area contributed by atoms with E-state index in [0.29, 0.717) is 26.0 Å². The third-order valence-electron chi connectivity index (χ3n) is 6.05. The number of rotatable bonds is 5. The molecule has 3 N–H and O–H groups in total. The number of nitrogens with one attached hydrogen (secondary N) is 1. The average molecular weight is 359 g/mol. The van der Waals surface area contributed by atoms with E-state index in [2.05, 4.69) is 5.32 Å². The van der Waals surface area contributed by atoms with Crippen molar-refractivity contribution in [3.8, 4) is 0 Å². The molecule has 1 aromatic rings. The molecule has 1 aliphatic carbocycles. The van der Waals surface area contributed by atoms with Crippen molar-refractivity contribution in [2.24, 2.45) is 11.1 Å². The van der Waals surface area contributed by atoms with Crippen LogP contribution in [0.5, 0.6) is 0 Å². The zero-order valence-corrected chi connectivity index (χ0v) is 15.8. The lowest BCUT2D eigenvalue weighted by atomic mass is 9.54. The van der Waals surface area contributed by atoms with Crippen LogP contribution in [-0.4, -0.2) is 42.7 Å². The maximum Gasteiger partial charge on any atom is 0.249 e. The second-order valence-corrected chi connectivity index (χ2v) is 7.83. The molecular weight excluding hydrogens is 330 g/mol. The summed E-state index contributed by atoms with van der Waals surface area (Å²) in [6, 6.07) is 9.03. The lowest BCUT2D eigenvalue weighted by Gasteiger charge is -2.57. The van der Waals surface area contributed by atoms with Crippen LogP contribution in [0.15, 0.2) is 30.3 Å². The molecule has 1 saturated heterocycles. The van der Waals surface area contributed by atoms with Crippen molar-refractivity contribution in [3.63, 3.8) is 0 Å². The van der Waals surface area contributed by atoms with E-state index in [1.807, 2.05) is 51.1 Å². The summed E-state index contributed by atoms with van der Waals surface area (Å²) in [5, 5.41) is 2.92. The number of nitrogens with zero attached hydrogens (tertiary/aromatic N) is 1. The molecule has 0 bridgehead atoms. The first-order valence-electron chi connectivity index (χ1n) is 9.39. The van der Waals surface area contributed by atoms with E-state index in [1.54, 1.807) is 4.90 Å². The monoisotopic (exact) mass is 359 g/mol. The van der Waals surface area contributed by atoms with Gasteiger partial charge < -0.3 is 20.7 Å². The molecule has 0 spiro atoms. The maximum atomic E-state index is 12.9. The lowest BCUT2D eigenvalue weighted by molar-refractivity contribution is -0.171. The van der Waals surface area contributed by atoms with Gasteiger partial charge in [0.2, 0.25) is 11.8 Å². The first kappa shape index (κ1) is 18.9. The first-order chi connectivity index (χ1) is 12.3. The molecule has 1 heterocycles. The van der Waals surface area contributed by atoms with Crippen molar-refractivity contribution < 1.29 is 14.3 Å². The fraction of sp³-hybridized carbons (Fsp3) is 0.600. The number of piperidine rings is 1. The molecule has 3 rings (SSSR count). The number of ether oxygens (including phenoxy) is 1. The van der Waals surface area contributed by atoms with E-state index in [0.717, 1.165) is 12.1 Å². The third-order valence-corrected chi connectivity index (χ3v) is 6.05. The number of anilines is 1. The summed E-state index contributed by atoms with van der Waals surface area (Å²) in [7, 11) is 0. The molecule has 3 unspecified atom stereocenters. The summed E-state index contributed by atoms with van der Waals surface area (Å²) in [5.74, 6) is -0.329. The predicted octanol–water partition coefficient (Wildman–Crippen LogP) is 1.83. The molecule has 1 aliphatic heterocycles. The molecule has 0 radical (unpaired) electrons. The van der Waals surface area contributed by atoms with Gasteiger partial charge >= 0.3 is 0 Å². The zero-order valence-electron chi connectivity index (χ0n) is 15.8. The minimum absolute atomic E-state index is 0.0360. The highest BCUT2D eigenvalue weighted by Gasteiger charge is 2.63. The molecule has 0 aromatic heterocycles. The minimum Gasteiger partial charge on any atom is -0.378 e. The summed E-state index contributed by atoms with van der Waals surface area (Å²) in [4.78, 5) is 27.5. The molecule has 6 heteroatoms. The van der Waals surface area contributed by atoms with Crippen LogP contribution in [-0.2, 0) is 14.3 Å². The van der Waals surface area contributed by atoms with Crippen LogP contribution in [0.1, 0.15) is 40.0 Å². The van der Waals surface area contributed by atoms with Gasteiger partial charge in [-0.3, -0.25) is 9.59 Å². The van der Waals surface area contributed by atoms with Crippen LogP contribution in [0.25, 0.3) is 0 Å². The van der Waals surface area contributed by atoms with Gasteiger partial charge in [-0.25, -0.2) is 0 Å². The first-order valence-corrected chi connectivity index (χ1v) is 9.39. The van der Waals surface area contributed by atoms with Crippen molar-refractivity contribution in [3.05, 3.63) is 30.3 Å². The summed E-state index contributed by atoms with van der Waals surface area (Å²) in [6.07, 6.45) is 1.92. The lowest BCUT2D eigenvalue weighted by Crippen LogP contribution is -2.76. The third kappa shape index (κ3) is 3.01. The number of benzene rings is 1. The number of hydrogen-bond acceptors (Lipinski definition) is 4. The number of carbonyl (C=O) groups excluding carboxylic acids is 2. The Labute approximate surface area is 155 Å². The number of nitrogens with two attached hydrogens (primary N) is 1. The van der Waals surface area contributed by atoms with E-state index in [1.165, 1.54) is 0 Å². The van der Waals surface area contributed by atoms with E-state index in [-0.39, 0.29) is 17.9 Å². The topological polar surface area (TPSA) is 84.7 Å². The summed E-state index contributed by atoms with van der Waals surface area (Å²) >= 11 is 0. The molecule has 6 nitrogen and oxygen atoms in total. The number of hydrogen-bond donors (Lipinski definition) is 2. The van der Waals surface area contributed by atoms with E-state index < -0.39 is 17.0 Å². The fourth-order valence-corrected chi connectivity index (χ4v) is 3.98. The molecule has 142 valence electrons. The Morgan fingerprint density at radius 3 is 2.65 bits per heavy atom. The van der Waals surface area contributed by atoms with Crippen LogP contribution >= 0.6 is 0 Å². The molecule has 1 aromatic carbocycles. The van der Waals surface area contributed by atoms with Gasteiger partial charge in [-0.05, 0) is 31.9 Å². The highest BCUT2D eigenvalue weighted by Crippen LogP contribution is 2.49. The van der Waals surface area contributed by atoms with Crippen LogP contribution in [0.3, 0.4) is 0 Å². The van der Waals surface area contributed by atoms with Gasteiger partial charge in [-0.2, -0.15) is 0 Å². The molecule has 3 atom stereocenters. The standard InChI is InChI=1S/C20H29N3O3/c1-4-26-16-13-20(21,19(16,2)3)18(25)22-15-11-8-12-23(17(15)24)14-9-6-5-7-10-14/h5-7,9-10,15-16H,4,8,11-13,21H2,1-3H3,(H,22,25). The van der Waals surface area contributed by atoms with Gasteiger partial charge in [0.1, 0.15) is 11.6 Å². The van der Waals surface area contributed by atoms with Gasteiger partial charge in [0.15, 0.2) is 0 Å². The molecular formula is C20H29N3O3.